The third kappa shape index (κ3) is 1.06. The lowest BCUT2D eigenvalue weighted by molar-refractivity contribution is -0.110. The van der Waals surface area contributed by atoms with Gasteiger partial charge in [0.2, 0.25) is 0 Å². The van der Waals surface area contributed by atoms with E-state index in [1.165, 1.54) is 0 Å². The van der Waals surface area contributed by atoms with Crippen molar-refractivity contribution in [3.63, 3.8) is 0 Å². The molecule has 0 saturated heterocycles. The third-order valence-corrected chi connectivity index (χ3v) is 2.32. The summed E-state index contributed by atoms with van der Waals surface area (Å²) in [5.41, 5.74) is 3.91. The molecule has 0 spiro atoms. The second-order valence-corrected chi connectivity index (χ2v) is 3.15. The molecule has 2 heteroatoms. The van der Waals surface area contributed by atoms with E-state index in [0.717, 1.165) is 22.4 Å². The molecule has 0 saturated carbocycles. The maximum atomic E-state index is 11.4. The van der Waals surface area contributed by atoms with E-state index in [0.29, 0.717) is 0 Å². The van der Waals surface area contributed by atoms with Gasteiger partial charge in [-0.25, -0.2) is 0 Å². The summed E-state index contributed by atoms with van der Waals surface area (Å²) in [6.45, 7) is 3.90. The summed E-state index contributed by atoms with van der Waals surface area (Å²) in [6.07, 6.45) is 1.86. The zero-order valence-corrected chi connectivity index (χ0v) is 7.72. The molecule has 0 radical (unpaired) electrons. The maximum Gasteiger partial charge on any atom is 0.256 e. The first-order valence-electron chi connectivity index (χ1n) is 4.31. The molecule has 0 bridgehead atoms. The highest BCUT2D eigenvalue weighted by atomic mass is 16.1. The van der Waals surface area contributed by atoms with E-state index in [2.05, 4.69) is 5.32 Å². The van der Waals surface area contributed by atoms with E-state index in [9.17, 15) is 4.79 Å². The number of aryl methyl sites for hydroxylation is 1. The lowest BCUT2D eigenvalue weighted by atomic mass is 10.0. The van der Waals surface area contributed by atoms with Crippen LogP contribution in [0.3, 0.4) is 0 Å². The van der Waals surface area contributed by atoms with Crippen LogP contribution in [-0.4, -0.2) is 5.91 Å². The van der Waals surface area contributed by atoms with Crippen LogP contribution >= 0.6 is 0 Å². The Bertz CT molecular complexity index is 405. The summed E-state index contributed by atoms with van der Waals surface area (Å²) >= 11 is 0. The number of anilines is 1. The first-order chi connectivity index (χ1) is 6.24. The second-order valence-electron chi connectivity index (χ2n) is 3.15. The molecule has 13 heavy (non-hydrogen) atoms. The molecule has 1 aromatic carbocycles. The molecule has 0 aromatic heterocycles. The quantitative estimate of drug-likeness (QED) is 0.599. The first kappa shape index (κ1) is 8.05. The van der Waals surface area contributed by atoms with Gasteiger partial charge in [-0.1, -0.05) is 18.2 Å². The van der Waals surface area contributed by atoms with E-state index >= 15 is 0 Å². The highest BCUT2D eigenvalue weighted by molar-refractivity contribution is 6.31. The van der Waals surface area contributed by atoms with E-state index < -0.39 is 0 Å². The molecule has 1 N–H and O–H groups in total. The number of allylic oxidation sites excluding steroid dienone is 1. The largest absolute Gasteiger partial charge is 0.321 e. The summed E-state index contributed by atoms with van der Waals surface area (Å²) in [5, 5.41) is 2.83. The molecule has 2 nitrogen and oxygen atoms in total. The second kappa shape index (κ2) is 2.73. The molecule has 0 aliphatic carbocycles. The average Bonchev–Trinajstić information content (AvgIpc) is 2.42. The molecule has 1 aliphatic heterocycles. The number of carbonyl (C=O) groups is 1. The van der Waals surface area contributed by atoms with Crippen LogP contribution in [0.25, 0.3) is 5.57 Å². The predicted molar refractivity (Wildman–Crippen MR) is 53.5 cm³/mol. The average molecular weight is 173 g/mol. The molecule has 2 rings (SSSR count). The highest BCUT2D eigenvalue weighted by Crippen LogP contribution is 2.33. The minimum atomic E-state index is 0.00630. The van der Waals surface area contributed by atoms with Crippen LogP contribution < -0.4 is 5.32 Å². The fourth-order valence-electron chi connectivity index (χ4n) is 1.71. The third-order valence-electron chi connectivity index (χ3n) is 2.32. The number of carbonyl (C=O) groups excluding carboxylic acids is 1. The number of rotatable bonds is 0. The van der Waals surface area contributed by atoms with Crippen molar-refractivity contribution in [3.05, 3.63) is 35.4 Å². The molecule has 0 fully saturated rings. The van der Waals surface area contributed by atoms with Gasteiger partial charge < -0.3 is 5.32 Å². The Kier molecular flexibility index (Phi) is 1.69. The molecule has 1 heterocycles. The predicted octanol–water partition coefficient (Wildman–Crippen LogP) is 2.35. The van der Waals surface area contributed by atoms with Gasteiger partial charge in [-0.05, 0) is 25.5 Å². The van der Waals surface area contributed by atoms with Gasteiger partial charge in [-0.15, -0.1) is 0 Å². The van der Waals surface area contributed by atoms with Crippen molar-refractivity contribution in [1.82, 2.24) is 0 Å². The lowest BCUT2D eigenvalue weighted by Crippen LogP contribution is -2.03. The van der Waals surface area contributed by atoms with E-state index in [1.54, 1.807) is 0 Å². The van der Waals surface area contributed by atoms with Crippen molar-refractivity contribution in [2.75, 3.05) is 5.32 Å². The van der Waals surface area contributed by atoms with Crippen LogP contribution in [0.15, 0.2) is 24.3 Å². The minimum Gasteiger partial charge on any atom is -0.321 e. The van der Waals surface area contributed by atoms with E-state index in [4.69, 9.17) is 0 Å². The van der Waals surface area contributed by atoms with Gasteiger partial charge in [-0.2, -0.15) is 0 Å². The monoisotopic (exact) mass is 173 g/mol. The van der Waals surface area contributed by atoms with Crippen LogP contribution in [0.1, 0.15) is 18.1 Å². The molecular weight excluding hydrogens is 162 g/mol. The summed E-state index contributed by atoms with van der Waals surface area (Å²) in [4.78, 5) is 11.4. The standard InChI is InChI=1S/C11H11NO/c1-3-8-10-7(2)5-4-6-9(10)12-11(8)13/h3-6H,1-2H3,(H,12,13). The fourth-order valence-corrected chi connectivity index (χ4v) is 1.71. The van der Waals surface area contributed by atoms with Crippen molar-refractivity contribution in [1.29, 1.82) is 0 Å². The van der Waals surface area contributed by atoms with E-state index in [1.807, 2.05) is 38.1 Å². The molecule has 0 atom stereocenters. The van der Waals surface area contributed by atoms with Crippen molar-refractivity contribution >= 4 is 17.2 Å². The number of amides is 1. The van der Waals surface area contributed by atoms with E-state index in [-0.39, 0.29) is 5.91 Å². The lowest BCUT2D eigenvalue weighted by Gasteiger charge is -2.01. The van der Waals surface area contributed by atoms with Crippen LogP contribution in [0.2, 0.25) is 0 Å². The SMILES string of the molecule is CC=C1C(=O)Nc2cccc(C)c21. The number of hydrogen-bond acceptors (Lipinski definition) is 1. The van der Waals surface area contributed by atoms with Gasteiger partial charge in [0.15, 0.2) is 0 Å². The van der Waals surface area contributed by atoms with Crippen molar-refractivity contribution in [3.8, 4) is 0 Å². The van der Waals surface area contributed by atoms with Crippen LogP contribution in [-0.2, 0) is 4.79 Å². The molecule has 66 valence electrons. The maximum absolute atomic E-state index is 11.4. The Hall–Kier alpha value is -1.57. The minimum absolute atomic E-state index is 0.00630. The van der Waals surface area contributed by atoms with Crippen LogP contribution in [0, 0.1) is 6.92 Å². The molecule has 1 amide bonds. The summed E-state index contributed by atoms with van der Waals surface area (Å²) in [6, 6.07) is 5.90. The van der Waals surface area contributed by atoms with Crippen molar-refractivity contribution in [2.45, 2.75) is 13.8 Å². The summed E-state index contributed by atoms with van der Waals surface area (Å²) in [7, 11) is 0. The molecule has 1 aromatic rings. The zero-order chi connectivity index (χ0) is 9.42. The Balaban J connectivity index is 2.70. The smallest absolute Gasteiger partial charge is 0.256 e. The van der Waals surface area contributed by atoms with Crippen molar-refractivity contribution in [2.24, 2.45) is 0 Å². The summed E-state index contributed by atoms with van der Waals surface area (Å²) < 4.78 is 0. The fraction of sp³-hybridized carbons (Fsp3) is 0.182. The van der Waals surface area contributed by atoms with Gasteiger partial charge in [0.25, 0.3) is 5.91 Å². The highest BCUT2D eigenvalue weighted by Gasteiger charge is 2.24. The van der Waals surface area contributed by atoms with Gasteiger partial charge >= 0.3 is 0 Å². The zero-order valence-electron chi connectivity index (χ0n) is 7.72. The Morgan fingerprint density at radius 2 is 2.15 bits per heavy atom. The molecular formula is C11H11NO. The van der Waals surface area contributed by atoms with Gasteiger partial charge in [0.1, 0.15) is 0 Å². The van der Waals surface area contributed by atoms with Gasteiger partial charge in [-0.3, -0.25) is 4.79 Å². The Morgan fingerprint density at radius 3 is 2.85 bits per heavy atom. The number of benzene rings is 1. The van der Waals surface area contributed by atoms with Crippen molar-refractivity contribution < 1.29 is 4.79 Å². The number of fused-ring (bicyclic) bond motifs is 1. The molecule has 1 aliphatic rings. The topological polar surface area (TPSA) is 29.1 Å². The first-order valence-corrected chi connectivity index (χ1v) is 4.31. The Morgan fingerprint density at radius 1 is 1.38 bits per heavy atom. The Labute approximate surface area is 77.3 Å². The number of nitrogens with one attached hydrogen (secondary N) is 1. The normalized spacial score (nSPS) is 17.4. The molecule has 0 unspecified atom stereocenters. The van der Waals surface area contributed by atoms with Gasteiger partial charge in [0.05, 0.1) is 0 Å². The number of hydrogen-bond donors (Lipinski definition) is 1. The van der Waals surface area contributed by atoms with Gasteiger partial charge in [0, 0.05) is 16.8 Å². The van der Waals surface area contributed by atoms with Crippen LogP contribution in [0.5, 0.6) is 0 Å². The summed E-state index contributed by atoms with van der Waals surface area (Å²) in [5.74, 6) is 0.00630. The van der Waals surface area contributed by atoms with Crippen LogP contribution in [0.4, 0.5) is 5.69 Å².